The lowest BCUT2D eigenvalue weighted by Gasteiger charge is -2.22. The molecule has 0 heterocycles. The van der Waals surface area contributed by atoms with Crippen LogP contribution in [0.2, 0.25) is 0 Å². The van der Waals surface area contributed by atoms with Crippen LogP contribution in [0, 0.1) is 0 Å². The van der Waals surface area contributed by atoms with Crippen molar-refractivity contribution in [2.75, 3.05) is 0 Å². The molecular weight excluding hydrogens is 519 g/mol. The molecule has 1 aromatic rings. The van der Waals surface area contributed by atoms with E-state index in [2.05, 4.69) is 36.4 Å². The molecule has 0 aliphatic heterocycles. The van der Waals surface area contributed by atoms with Gasteiger partial charge in [0.1, 0.15) is 0 Å². The Kier molecular flexibility index (Phi) is 17.1. The molecule has 5 heteroatoms. The van der Waals surface area contributed by atoms with Gasteiger partial charge in [0, 0.05) is 3.92 Å². The van der Waals surface area contributed by atoms with Crippen molar-refractivity contribution in [1.82, 2.24) is 0 Å². The Morgan fingerprint density at radius 1 is 0.710 bits per heavy atom. The van der Waals surface area contributed by atoms with E-state index < -0.39 is 10.1 Å². The molecule has 0 bridgehead atoms. The van der Waals surface area contributed by atoms with Crippen molar-refractivity contribution >= 4 is 32.7 Å². The van der Waals surface area contributed by atoms with E-state index >= 15 is 0 Å². The second kappa shape index (κ2) is 18.3. The van der Waals surface area contributed by atoms with Gasteiger partial charge in [-0.05, 0) is 25.0 Å². The van der Waals surface area contributed by atoms with Crippen LogP contribution in [0.15, 0.2) is 35.2 Å². The number of hydrogen-bond donors (Lipinski definition) is 0. The van der Waals surface area contributed by atoms with Crippen molar-refractivity contribution in [2.45, 2.75) is 132 Å². The molecule has 0 aliphatic carbocycles. The van der Waals surface area contributed by atoms with Crippen molar-refractivity contribution in [3.8, 4) is 0 Å². The van der Waals surface area contributed by atoms with Crippen molar-refractivity contribution in [1.29, 1.82) is 0 Å². The second-order valence-electron chi connectivity index (χ2n) is 8.74. The Morgan fingerprint density at radius 2 is 1.19 bits per heavy atom. The van der Waals surface area contributed by atoms with E-state index in [0.717, 1.165) is 25.7 Å². The Balaban J connectivity index is 2.16. The Hall–Kier alpha value is -0.140. The van der Waals surface area contributed by atoms with E-state index in [1.165, 1.54) is 77.0 Å². The summed E-state index contributed by atoms with van der Waals surface area (Å²) in [6.07, 6.45) is 20.0. The zero-order valence-electron chi connectivity index (χ0n) is 19.9. The smallest absolute Gasteiger partial charge is 0.262 e. The van der Waals surface area contributed by atoms with Crippen LogP contribution in [-0.2, 0) is 14.3 Å². The van der Waals surface area contributed by atoms with Crippen LogP contribution < -0.4 is 0 Å². The first-order valence-electron chi connectivity index (χ1n) is 12.6. The van der Waals surface area contributed by atoms with Gasteiger partial charge in [-0.2, -0.15) is 8.42 Å². The predicted molar refractivity (Wildman–Crippen MR) is 142 cm³/mol. The molecule has 1 rings (SSSR count). The molecule has 0 N–H and O–H groups in total. The average Bonchev–Trinajstić information content (AvgIpc) is 2.77. The third kappa shape index (κ3) is 13.9. The standard InChI is InChI=1S/C26H45IO3S/c1-3-5-6-7-8-9-10-11-12-13-14-15-19-23-25(27)26(20-4-2)30-31(28,29)24-21-17-16-18-22-24/h16-18,21-22,25-26H,3-15,19-20,23H2,1-2H3. The minimum atomic E-state index is -3.69. The summed E-state index contributed by atoms with van der Waals surface area (Å²) >= 11 is 2.39. The topological polar surface area (TPSA) is 43.4 Å². The maximum Gasteiger partial charge on any atom is 0.297 e. The zero-order valence-corrected chi connectivity index (χ0v) is 22.8. The normalized spacial score (nSPS) is 13.9. The molecule has 0 amide bonds. The number of halogens is 1. The molecule has 3 nitrogen and oxygen atoms in total. The molecule has 2 unspecified atom stereocenters. The minimum absolute atomic E-state index is 0.226. The molecule has 0 aromatic heterocycles. The molecule has 180 valence electrons. The van der Waals surface area contributed by atoms with Gasteiger partial charge in [-0.1, -0.05) is 145 Å². The highest BCUT2D eigenvalue weighted by atomic mass is 127. The summed E-state index contributed by atoms with van der Waals surface area (Å²) in [5.41, 5.74) is 0. The quantitative estimate of drug-likeness (QED) is 0.0688. The van der Waals surface area contributed by atoms with Gasteiger partial charge in [0.15, 0.2) is 0 Å². The first-order valence-corrected chi connectivity index (χ1v) is 15.3. The summed E-state index contributed by atoms with van der Waals surface area (Å²) in [6.45, 7) is 4.36. The van der Waals surface area contributed by atoms with Gasteiger partial charge >= 0.3 is 0 Å². The fourth-order valence-electron chi connectivity index (χ4n) is 3.92. The first-order chi connectivity index (χ1) is 15.0. The first kappa shape index (κ1) is 28.9. The molecule has 0 radical (unpaired) electrons. The zero-order chi connectivity index (χ0) is 22.8. The van der Waals surface area contributed by atoms with Gasteiger partial charge in [-0.25, -0.2) is 0 Å². The Labute approximate surface area is 206 Å². The molecule has 0 spiro atoms. The number of rotatable bonds is 20. The van der Waals surface area contributed by atoms with Crippen LogP contribution in [0.1, 0.15) is 117 Å². The van der Waals surface area contributed by atoms with E-state index in [0.29, 0.717) is 0 Å². The van der Waals surface area contributed by atoms with E-state index in [4.69, 9.17) is 4.18 Å². The summed E-state index contributed by atoms with van der Waals surface area (Å²) in [5.74, 6) is 0. The van der Waals surface area contributed by atoms with Crippen LogP contribution in [0.4, 0.5) is 0 Å². The largest absolute Gasteiger partial charge is 0.297 e. The van der Waals surface area contributed by atoms with Gasteiger partial charge in [0.2, 0.25) is 0 Å². The molecule has 0 fully saturated rings. The number of benzene rings is 1. The lowest BCUT2D eigenvalue weighted by atomic mass is 10.0. The summed E-state index contributed by atoms with van der Waals surface area (Å²) in [7, 11) is -3.69. The molecular formula is C26H45IO3S. The third-order valence-electron chi connectivity index (χ3n) is 5.84. The Morgan fingerprint density at radius 3 is 1.68 bits per heavy atom. The Bertz CT molecular complexity index is 633. The molecule has 0 aliphatic rings. The van der Waals surface area contributed by atoms with Gasteiger partial charge in [0.05, 0.1) is 11.0 Å². The van der Waals surface area contributed by atoms with Gasteiger partial charge in [-0.15, -0.1) is 0 Å². The van der Waals surface area contributed by atoms with E-state index in [9.17, 15) is 8.42 Å². The number of unbranched alkanes of at least 4 members (excludes halogenated alkanes) is 12. The highest BCUT2D eigenvalue weighted by Crippen LogP contribution is 2.26. The summed E-state index contributed by atoms with van der Waals surface area (Å²) in [6, 6.07) is 8.50. The van der Waals surface area contributed by atoms with Crippen molar-refractivity contribution in [3.63, 3.8) is 0 Å². The second-order valence-corrected chi connectivity index (χ2v) is 11.9. The molecule has 2 atom stereocenters. The predicted octanol–water partition coefficient (Wildman–Crippen LogP) is 8.85. The summed E-state index contributed by atoms with van der Waals surface area (Å²) in [4.78, 5) is 0.251. The van der Waals surface area contributed by atoms with Crippen LogP contribution in [0.5, 0.6) is 0 Å². The minimum Gasteiger partial charge on any atom is -0.262 e. The SMILES string of the molecule is CCCCCCCCCCCCCCCC(I)C(CCC)OS(=O)(=O)c1ccccc1. The highest BCUT2D eigenvalue weighted by Gasteiger charge is 2.26. The van der Waals surface area contributed by atoms with Crippen LogP contribution >= 0.6 is 22.6 Å². The van der Waals surface area contributed by atoms with Gasteiger partial charge in [0.25, 0.3) is 10.1 Å². The van der Waals surface area contributed by atoms with Crippen LogP contribution in [-0.4, -0.2) is 18.4 Å². The lowest BCUT2D eigenvalue weighted by molar-refractivity contribution is 0.194. The van der Waals surface area contributed by atoms with E-state index in [1.807, 2.05) is 6.07 Å². The van der Waals surface area contributed by atoms with Crippen LogP contribution in [0.25, 0.3) is 0 Å². The van der Waals surface area contributed by atoms with Gasteiger partial charge in [-0.3, -0.25) is 4.18 Å². The fraction of sp³-hybridized carbons (Fsp3) is 0.769. The molecule has 0 saturated carbocycles. The molecule has 31 heavy (non-hydrogen) atoms. The maximum atomic E-state index is 12.6. The lowest BCUT2D eigenvalue weighted by Crippen LogP contribution is -2.27. The highest BCUT2D eigenvalue weighted by molar-refractivity contribution is 14.1. The third-order valence-corrected chi connectivity index (χ3v) is 8.62. The van der Waals surface area contributed by atoms with Crippen molar-refractivity contribution in [3.05, 3.63) is 30.3 Å². The van der Waals surface area contributed by atoms with Gasteiger partial charge < -0.3 is 0 Å². The average molecular weight is 565 g/mol. The van der Waals surface area contributed by atoms with Crippen LogP contribution in [0.3, 0.4) is 0 Å². The monoisotopic (exact) mass is 564 g/mol. The number of alkyl halides is 1. The fourth-order valence-corrected chi connectivity index (χ4v) is 6.23. The molecule has 0 saturated heterocycles. The summed E-state index contributed by atoms with van der Waals surface area (Å²) < 4.78 is 31.1. The van der Waals surface area contributed by atoms with E-state index in [-0.39, 0.29) is 14.9 Å². The van der Waals surface area contributed by atoms with E-state index in [1.54, 1.807) is 24.3 Å². The molecule has 1 aromatic carbocycles. The maximum absolute atomic E-state index is 12.6. The summed E-state index contributed by atoms with van der Waals surface area (Å²) in [5, 5.41) is 0. The number of hydrogen-bond acceptors (Lipinski definition) is 3. The van der Waals surface area contributed by atoms with Crippen molar-refractivity contribution < 1.29 is 12.6 Å². The van der Waals surface area contributed by atoms with Crippen molar-refractivity contribution in [2.24, 2.45) is 0 Å².